The molecule has 1 aliphatic rings. The van der Waals surface area contributed by atoms with Gasteiger partial charge in [0.25, 0.3) is 5.91 Å². The van der Waals surface area contributed by atoms with Crippen LogP contribution < -0.4 is 9.46 Å². The van der Waals surface area contributed by atoms with Crippen molar-refractivity contribution in [2.45, 2.75) is 18.9 Å². The lowest BCUT2D eigenvalue weighted by atomic mass is 10.1. The second-order valence-electron chi connectivity index (χ2n) is 5.10. The molecule has 110 valence electrons. The van der Waals surface area contributed by atoms with Crippen LogP contribution >= 0.6 is 0 Å². The quantitative estimate of drug-likeness (QED) is 0.889. The van der Waals surface area contributed by atoms with Crippen LogP contribution in [0.4, 0.5) is 5.69 Å². The van der Waals surface area contributed by atoms with Gasteiger partial charge < -0.3 is 9.64 Å². The summed E-state index contributed by atoms with van der Waals surface area (Å²) in [6.45, 7) is 0. The molecule has 0 heterocycles. The van der Waals surface area contributed by atoms with Crippen molar-refractivity contribution >= 4 is 21.6 Å². The molecule has 1 aliphatic carbocycles. The lowest BCUT2D eigenvalue weighted by Gasteiger charge is -2.16. The SMILES string of the molecule is CN(C)C(=O)c1ccc(OC2CC2)cc1NS(C)(=O)=O. The van der Waals surface area contributed by atoms with Gasteiger partial charge in [-0.1, -0.05) is 0 Å². The number of nitrogens with zero attached hydrogens (tertiary/aromatic N) is 1. The number of carbonyl (C=O) groups excluding carboxylic acids is 1. The van der Waals surface area contributed by atoms with E-state index < -0.39 is 10.0 Å². The van der Waals surface area contributed by atoms with Crippen LogP contribution in [0.2, 0.25) is 0 Å². The van der Waals surface area contributed by atoms with Crippen LogP contribution in [0.5, 0.6) is 5.75 Å². The lowest BCUT2D eigenvalue weighted by Crippen LogP contribution is -2.24. The van der Waals surface area contributed by atoms with Crippen LogP contribution in [-0.2, 0) is 10.0 Å². The molecular weight excluding hydrogens is 280 g/mol. The van der Waals surface area contributed by atoms with Crippen LogP contribution in [0.15, 0.2) is 18.2 Å². The average molecular weight is 298 g/mol. The first kappa shape index (κ1) is 14.6. The Labute approximate surface area is 118 Å². The maximum atomic E-state index is 12.0. The molecule has 1 aromatic carbocycles. The zero-order chi connectivity index (χ0) is 14.9. The van der Waals surface area contributed by atoms with Gasteiger partial charge in [-0.15, -0.1) is 0 Å². The molecule has 0 bridgehead atoms. The summed E-state index contributed by atoms with van der Waals surface area (Å²) in [5.74, 6) is 0.295. The van der Waals surface area contributed by atoms with Crippen molar-refractivity contribution in [1.29, 1.82) is 0 Å². The molecule has 7 heteroatoms. The Morgan fingerprint density at radius 3 is 2.50 bits per heavy atom. The van der Waals surface area contributed by atoms with Gasteiger partial charge >= 0.3 is 0 Å². The molecule has 6 nitrogen and oxygen atoms in total. The molecule has 0 radical (unpaired) electrons. The van der Waals surface area contributed by atoms with E-state index in [1.165, 1.54) is 4.90 Å². The fourth-order valence-electron chi connectivity index (χ4n) is 1.69. The number of carbonyl (C=O) groups is 1. The van der Waals surface area contributed by atoms with Crippen molar-refractivity contribution in [3.05, 3.63) is 23.8 Å². The Morgan fingerprint density at radius 1 is 1.35 bits per heavy atom. The minimum Gasteiger partial charge on any atom is -0.490 e. The summed E-state index contributed by atoms with van der Waals surface area (Å²) in [5.41, 5.74) is 0.535. The van der Waals surface area contributed by atoms with Crippen LogP contribution in [-0.4, -0.2) is 45.7 Å². The van der Waals surface area contributed by atoms with Crippen molar-refractivity contribution in [2.75, 3.05) is 25.1 Å². The van der Waals surface area contributed by atoms with E-state index in [9.17, 15) is 13.2 Å². The van der Waals surface area contributed by atoms with Gasteiger partial charge in [-0.3, -0.25) is 9.52 Å². The van der Waals surface area contributed by atoms with E-state index in [2.05, 4.69) is 4.72 Å². The second kappa shape index (κ2) is 5.32. The van der Waals surface area contributed by atoms with Crippen molar-refractivity contribution in [2.24, 2.45) is 0 Å². The number of hydrogen-bond donors (Lipinski definition) is 1. The predicted octanol–water partition coefficient (Wildman–Crippen LogP) is 1.30. The Balaban J connectivity index is 2.36. The van der Waals surface area contributed by atoms with E-state index in [4.69, 9.17) is 4.74 Å². The number of nitrogens with one attached hydrogen (secondary N) is 1. The molecule has 1 aromatic rings. The maximum absolute atomic E-state index is 12.0. The number of benzene rings is 1. The number of hydrogen-bond acceptors (Lipinski definition) is 4. The van der Waals surface area contributed by atoms with Crippen LogP contribution in [0.3, 0.4) is 0 Å². The average Bonchev–Trinajstić information content (AvgIpc) is 3.10. The summed E-state index contributed by atoms with van der Waals surface area (Å²) in [5, 5.41) is 0. The summed E-state index contributed by atoms with van der Waals surface area (Å²) in [6.07, 6.45) is 3.27. The summed E-state index contributed by atoms with van der Waals surface area (Å²) in [4.78, 5) is 13.4. The van der Waals surface area contributed by atoms with Gasteiger partial charge in [-0.2, -0.15) is 0 Å². The van der Waals surface area contributed by atoms with Crippen molar-refractivity contribution in [3.63, 3.8) is 0 Å². The third-order valence-corrected chi connectivity index (χ3v) is 3.34. The van der Waals surface area contributed by atoms with E-state index >= 15 is 0 Å². The minimum atomic E-state index is -3.46. The van der Waals surface area contributed by atoms with E-state index in [1.54, 1.807) is 32.3 Å². The van der Waals surface area contributed by atoms with Crippen LogP contribution in [0.1, 0.15) is 23.2 Å². The Kier molecular flexibility index (Phi) is 3.89. The summed E-state index contributed by atoms with van der Waals surface area (Å²) in [6, 6.07) is 4.81. The minimum absolute atomic E-state index is 0.205. The molecule has 0 aliphatic heterocycles. The fourth-order valence-corrected chi connectivity index (χ4v) is 2.25. The molecule has 1 saturated carbocycles. The standard InChI is InChI=1S/C13H18N2O4S/c1-15(2)13(16)11-7-6-10(19-9-4-5-9)8-12(11)14-20(3,17)18/h6-9,14H,4-5H2,1-3H3. The van der Waals surface area contributed by atoms with Gasteiger partial charge in [0, 0.05) is 20.2 Å². The highest BCUT2D eigenvalue weighted by atomic mass is 32.2. The Bertz CT molecular complexity index is 621. The third kappa shape index (κ3) is 3.86. The van der Waals surface area contributed by atoms with Gasteiger partial charge in [0.05, 0.1) is 23.6 Å². The van der Waals surface area contributed by atoms with Gasteiger partial charge in [0.1, 0.15) is 5.75 Å². The summed E-state index contributed by atoms with van der Waals surface area (Å²) in [7, 11) is -0.240. The van der Waals surface area contributed by atoms with Crippen LogP contribution in [0, 0.1) is 0 Å². The summed E-state index contributed by atoms with van der Waals surface area (Å²) >= 11 is 0. The topological polar surface area (TPSA) is 75.7 Å². The van der Waals surface area contributed by atoms with Crippen molar-refractivity contribution < 1.29 is 17.9 Å². The molecule has 20 heavy (non-hydrogen) atoms. The van der Waals surface area contributed by atoms with Crippen molar-refractivity contribution in [1.82, 2.24) is 4.90 Å². The molecule has 0 unspecified atom stereocenters. The first-order chi connectivity index (χ1) is 9.26. The molecule has 0 spiro atoms. The molecule has 2 rings (SSSR count). The first-order valence-electron chi connectivity index (χ1n) is 6.26. The number of rotatable bonds is 5. The third-order valence-electron chi connectivity index (χ3n) is 2.75. The fraction of sp³-hybridized carbons (Fsp3) is 0.462. The second-order valence-corrected chi connectivity index (χ2v) is 6.85. The van der Waals surface area contributed by atoms with Crippen molar-refractivity contribution in [3.8, 4) is 5.75 Å². The smallest absolute Gasteiger partial charge is 0.255 e. The molecule has 0 saturated heterocycles. The van der Waals surface area contributed by atoms with E-state index in [0.29, 0.717) is 11.3 Å². The van der Waals surface area contributed by atoms with Gasteiger partial charge in [0.15, 0.2) is 0 Å². The monoisotopic (exact) mass is 298 g/mol. The first-order valence-corrected chi connectivity index (χ1v) is 8.15. The van der Waals surface area contributed by atoms with Crippen LogP contribution in [0.25, 0.3) is 0 Å². The molecule has 1 fully saturated rings. The highest BCUT2D eigenvalue weighted by Gasteiger charge is 2.24. The highest BCUT2D eigenvalue weighted by Crippen LogP contribution is 2.30. The van der Waals surface area contributed by atoms with Gasteiger partial charge in [-0.25, -0.2) is 8.42 Å². The number of anilines is 1. The number of sulfonamides is 1. The Hall–Kier alpha value is -1.76. The lowest BCUT2D eigenvalue weighted by molar-refractivity contribution is 0.0828. The number of ether oxygens (including phenoxy) is 1. The van der Waals surface area contributed by atoms with E-state index in [0.717, 1.165) is 19.1 Å². The molecular formula is C13H18N2O4S. The molecule has 1 N–H and O–H groups in total. The van der Waals surface area contributed by atoms with E-state index in [-0.39, 0.29) is 17.7 Å². The van der Waals surface area contributed by atoms with Gasteiger partial charge in [-0.05, 0) is 25.0 Å². The molecule has 0 atom stereocenters. The molecule has 0 aromatic heterocycles. The normalized spacial score (nSPS) is 14.8. The zero-order valence-electron chi connectivity index (χ0n) is 11.7. The number of amides is 1. The largest absolute Gasteiger partial charge is 0.490 e. The highest BCUT2D eigenvalue weighted by molar-refractivity contribution is 7.92. The van der Waals surface area contributed by atoms with Gasteiger partial charge in [0.2, 0.25) is 10.0 Å². The van der Waals surface area contributed by atoms with E-state index in [1.807, 2.05) is 0 Å². The zero-order valence-corrected chi connectivity index (χ0v) is 12.5. The Morgan fingerprint density at radius 2 is 2.00 bits per heavy atom. The maximum Gasteiger partial charge on any atom is 0.255 e. The predicted molar refractivity (Wildman–Crippen MR) is 76.6 cm³/mol. The summed E-state index contributed by atoms with van der Waals surface area (Å²) < 4.78 is 30.8. The molecule has 1 amide bonds.